The number of likely N-dealkylation sites (N-methyl/N-ethyl adjacent to an activating group) is 1. The lowest BCUT2D eigenvalue weighted by molar-refractivity contribution is -0.128. The molecule has 1 saturated heterocycles. The van der Waals surface area contributed by atoms with Crippen LogP contribution in [0.2, 0.25) is 0 Å². The van der Waals surface area contributed by atoms with Gasteiger partial charge in [0.25, 0.3) is 0 Å². The SMILES string of the molecule is Cc1noc(C)c1CSCC(=O)N(C)C1CCNC1. The highest BCUT2D eigenvalue weighted by molar-refractivity contribution is 7.99. The summed E-state index contributed by atoms with van der Waals surface area (Å²) in [6.45, 7) is 5.77. The Kier molecular flexibility index (Phi) is 4.87. The van der Waals surface area contributed by atoms with Gasteiger partial charge in [-0.05, 0) is 26.8 Å². The predicted octanol–water partition coefficient (Wildman–Crippen LogP) is 1.34. The van der Waals surface area contributed by atoms with Crippen molar-refractivity contribution >= 4 is 17.7 Å². The van der Waals surface area contributed by atoms with E-state index in [4.69, 9.17) is 4.52 Å². The minimum atomic E-state index is 0.200. The van der Waals surface area contributed by atoms with Gasteiger partial charge in [-0.1, -0.05) is 5.16 Å². The molecular formula is C13H21N3O2S. The van der Waals surface area contributed by atoms with Gasteiger partial charge >= 0.3 is 0 Å². The van der Waals surface area contributed by atoms with Gasteiger partial charge in [0.1, 0.15) is 5.76 Å². The van der Waals surface area contributed by atoms with Crippen LogP contribution in [-0.4, -0.2) is 47.9 Å². The zero-order valence-corrected chi connectivity index (χ0v) is 12.5. The molecule has 1 amide bonds. The number of carbonyl (C=O) groups is 1. The van der Waals surface area contributed by atoms with Crippen LogP contribution in [0.25, 0.3) is 0 Å². The van der Waals surface area contributed by atoms with E-state index in [2.05, 4.69) is 10.5 Å². The summed E-state index contributed by atoms with van der Waals surface area (Å²) in [4.78, 5) is 13.9. The summed E-state index contributed by atoms with van der Waals surface area (Å²) in [5.41, 5.74) is 2.04. The number of aryl methyl sites for hydroxylation is 2. The van der Waals surface area contributed by atoms with Crippen molar-refractivity contribution in [3.63, 3.8) is 0 Å². The second-order valence-corrected chi connectivity index (χ2v) is 5.93. The van der Waals surface area contributed by atoms with Crippen LogP contribution in [0.4, 0.5) is 0 Å². The smallest absolute Gasteiger partial charge is 0.232 e. The minimum absolute atomic E-state index is 0.200. The van der Waals surface area contributed by atoms with E-state index in [1.54, 1.807) is 11.8 Å². The maximum atomic E-state index is 12.1. The van der Waals surface area contributed by atoms with Crippen molar-refractivity contribution < 1.29 is 9.32 Å². The normalized spacial score (nSPS) is 18.8. The molecule has 6 heteroatoms. The van der Waals surface area contributed by atoms with Gasteiger partial charge in [0.2, 0.25) is 5.91 Å². The van der Waals surface area contributed by atoms with Crippen LogP contribution in [0.1, 0.15) is 23.4 Å². The van der Waals surface area contributed by atoms with E-state index in [0.717, 1.165) is 42.3 Å². The Morgan fingerprint density at radius 3 is 2.95 bits per heavy atom. The van der Waals surface area contributed by atoms with Crippen molar-refractivity contribution in [1.29, 1.82) is 0 Å². The molecule has 0 aliphatic carbocycles. The van der Waals surface area contributed by atoms with Gasteiger partial charge in [0.05, 0.1) is 11.4 Å². The van der Waals surface area contributed by atoms with Gasteiger partial charge in [0.15, 0.2) is 0 Å². The molecule has 2 heterocycles. The minimum Gasteiger partial charge on any atom is -0.361 e. The second kappa shape index (κ2) is 6.43. The van der Waals surface area contributed by atoms with Gasteiger partial charge in [-0.25, -0.2) is 0 Å². The molecule has 1 N–H and O–H groups in total. The van der Waals surface area contributed by atoms with Crippen molar-refractivity contribution in [3.05, 3.63) is 17.0 Å². The molecule has 1 aliphatic rings. The molecule has 1 aromatic rings. The molecule has 1 aliphatic heterocycles. The lowest BCUT2D eigenvalue weighted by Gasteiger charge is -2.23. The van der Waals surface area contributed by atoms with Crippen molar-refractivity contribution in [3.8, 4) is 0 Å². The number of amides is 1. The second-order valence-electron chi connectivity index (χ2n) is 4.95. The average molecular weight is 283 g/mol. The van der Waals surface area contributed by atoms with Gasteiger partial charge in [-0.15, -0.1) is 11.8 Å². The van der Waals surface area contributed by atoms with E-state index in [1.165, 1.54) is 0 Å². The van der Waals surface area contributed by atoms with Gasteiger partial charge in [-0.3, -0.25) is 4.79 Å². The first kappa shape index (κ1) is 14.4. The van der Waals surface area contributed by atoms with E-state index in [9.17, 15) is 4.79 Å². The van der Waals surface area contributed by atoms with Crippen LogP contribution in [0.5, 0.6) is 0 Å². The zero-order valence-electron chi connectivity index (χ0n) is 11.7. The third-order valence-corrected chi connectivity index (χ3v) is 4.57. The van der Waals surface area contributed by atoms with Crippen molar-refractivity contribution in [2.45, 2.75) is 32.1 Å². The van der Waals surface area contributed by atoms with Crippen LogP contribution in [-0.2, 0) is 10.5 Å². The Balaban J connectivity index is 1.77. The van der Waals surface area contributed by atoms with Crippen LogP contribution < -0.4 is 5.32 Å². The lowest BCUT2D eigenvalue weighted by Crippen LogP contribution is -2.39. The summed E-state index contributed by atoms with van der Waals surface area (Å²) in [5, 5.41) is 7.20. The summed E-state index contributed by atoms with van der Waals surface area (Å²) < 4.78 is 5.11. The maximum Gasteiger partial charge on any atom is 0.232 e. The molecule has 0 aromatic carbocycles. The highest BCUT2D eigenvalue weighted by Crippen LogP contribution is 2.20. The van der Waals surface area contributed by atoms with Gasteiger partial charge in [0, 0.05) is 31.0 Å². The third-order valence-electron chi connectivity index (χ3n) is 3.63. The molecular weight excluding hydrogens is 262 g/mol. The number of thioether (sulfide) groups is 1. The summed E-state index contributed by atoms with van der Waals surface area (Å²) in [7, 11) is 1.90. The van der Waals surface area contributed by atoms with Crippen LogP contribution in [0, 0.1) is 13.8 Å². The summed E-state index contributed by atoms with van der Waals surface area (Å²) in [5.74, 6) is 2.34. The summed E-state index contributed by atoms with van der Waals surface area (Å²) >= 11 is 1.62. The van der Waals surface area contributed by atoms with Crippen LogP contribution in [0.15, 0.2) is 4.52 Å². The lowest BCUT2D eigenvalue weighted by atomic mass is 10.2. The standard InChI is InChI=1S/C13H21N3O2S/c1-9-12(10(2)18-15-9)7-19-8-13(17)16(3)11-4-5-14-6-11/h11,14H,4-8H2,1-3H3. The predicted molar refractivity (Wildman–Crippen MR) is 76.2 cm³/mol. The van der Waals surface area contributed by atoms with E-state index in [1.807, 2.05) is 25.8 Å². The largest absolute Gasteiger partial charge is 0.361 e. The van der Waals surface area contributed by atoms with Gasteiger partial charge < -0.3 is 14.7 Å². The molecule has 1 unspecified atom stereocenters. The number of hydrogen-bond acceptors (Lipinski definition) is 5. The monoisotopic (exact) mass is 283 g/mol. The summed E-state index contributed by atoms with van der Waals surface area (Å²) in [6.07, 6.45) is 1.05. The number of rotatable bonds is 5. The molecule has 0 saturated carbocycles. The van der Waals surface area contributed by atoms with Crippen molar-refractivity contribution in [2.75, 3.05) is 25.9 Å². The number of aromatic nitrogens is 1. The van der Waals surface area contributed by atoms with Gasteiger partial charge in [-0.2, -0.15) is 0 Å². The molecule has 19 heavy (non-hydrogen) atoms. The Morgan fingerprint density at radius 1 is 1.58 bits per heavy atom. The zero-order chi connectivity index (χ0) is 13.8. The molecule has 106 valence electrons. The molecule has 0 radical (unpaired) electrons. The topological polar surface area (TPSA) is 58.4 Å². The number of nitrogens with zero attached hydrogens (tertiary/aromatic N) is 2. The summed E-state index contributed by atoms with van der Waals surface area (Å²) in [6, 6.07) is 0.354. The first-order valence-corrected chi connectivity index (χ1v) is 7.71. The molecule has 0 spiro atoms. The highest BCUT2D eigenvalue weighted by atomic mass is 32.2. The highest BCUT2D eigenvalue weighted by Gasteiger charge is 2.23. The molecule has 1 fully saturated rings. The number of carbonyl (C=O) groups excluding carboxylic acids is 1. The van der Waals surface area contributed by atoms with E-state index >= 15 is 0 Å². The quantitative estimate of drug-likeness (QED) is 0.884. The van der Waals surface area contributed by atoms with Crippen molar-refractivity contribution in [1.82, 2.24) is 15.4 Å². The first-order chi connectivity index (χ1) is 9.09. The Bertz CT molecular complexity index is 422. The van der Waals surface area contributed by atoms with Crippen LogP contribution in [0.3, 0.4) is 0 Å². The maximum absolute atomic E-state index is 12.1. The first-order valence-electron chi connectivity index (χ1n) is 6.55. The Labute approximate surface area is 118 Å². The van der Waals surface area contributed by atoms with Crippen molar-refractivity contribution in [2.24, 2.45) is 0 Å². The molecule has 1 atom stereocenters. The molecule has 5 nitrogen and oxygen atoms in total. The fourth-order valence-electron chi connectivity index (χ4n) is 2.22. The fraction of sp³-hybridized carbons (Fsp3) is 0.692. The Hall–Kier alpha value is -1.01. The van der Waals surface area contributed by atoms with Crippen LogP contribution >= 0.6 is 11.8 Å². The molecule has 2 rings (SSSR count). The number of nitrogens with one attached hydrogen (secondary N) is 1. The third kappa shape index (κ3) is 3.51. The Morgan fingerprint density at radius 2 is 2.37 bits per heavy atom. The van der Waals surface area contributed by atoms with E-state index in [-0.39, 0.29) is 5.91 Å². The average Bonchev–Trinajstić information content (AvgIpc) is 3.02. The fourth-order valence-corrected chi connectivity index (χ4v) is 3.32. The molecule has 0 bridgehead atoms. The van der Waals surface area contributed by atoms with E-state index < -0.39 is 0 Å². The van der Waals surface area contributed by atoms with E-state index in [0.29, 0.717) is 11.8 Å². The molecule has 1 aromatic heterocycles. The number of hydrogen-bond donors (Lipinski definition) is 1.